The van der Waals surface area contributed by atoms with Crippen molar-refractivity contribution in [1.29, 1.82) is 0 Å². The zero-order valence-electron chi connectivity index (χ0n) is 15.9. The standard InChI is InChI=1S/C23H18Cl2N2O3/c24-17-3-1-2-13(8-17)12-30-19-7-6-18(25)10-16(19)11-26-27-22(28)20-14-4-5-15(9-14)21(20)23(27)29/h1-8,10-11,14-15,20-21H,9,12H2. The second-order valence-electron chi connectivity index (χ2n) is 7.83. The summed E-state index contributed by atoms with van der Waals surface area (Å²) in [7, 11) is 0. The minimum atomic E-state index is -0.275. The van der Waals surface area contributed by atoms with Gasteiger partial charge >= 0.3 is 0 Å². The van der Waals surface area contributed by atoms with E-state index in [0.29, 0.717) is 28.0 Å². The van der Waals surface area contributed by atoms with E-state index in [1.165, 1.54) is 6.21 Å². The maximum absolute atomic E-state index is 12.8. The van der Waals surface area contributed by atoms with Gasteiger partial charge in [0.15, 0.2) is 0 Å². The summed E-state index contributed by atoms with van der Waals surface area (Å²) in [5.74, 6) is -0.142. The van der Waals surface area contributed by atoms with Crippen molar-refractivity contribution in [3.8, 4) is 5.75 Å². The van der Waals surface area contributed by atoms with E-state index in [9.17, 15) is 9.59 Å². The van der Waals surface area contributed by atoms with Crippen molar-refractivity contribution in [1.82, 2.24) is 5.01 Å². The molecule has 152 valence electrons. The highest BCUT2D eigenvalue weighted by Crippen LogP contribution is 2.52. The molecule has 2 aliphatic carbocycles. The maximum Gasteiger partial charge on any atom is 0.254 e. The van der Waals surface area contributed by atoms with E-state index in [4.69, 9.17) is 27.9 Å². The third-order valence-corrected chi connectivity index (χ3v) is 6.48. The number of hydrazone groups is 1. The Balaban J connectivity index is 1.36. The first kappa shape index (κ1) is 19.3. The average molecular weight is 441 g/mol. The molecule has 1 saturated heterocycles. The highest BCUT2D eigenvalue weighted by atomic mass is 35.5. The molecular formula is C23H18Cl2N2O3. The first-order valence-corrected chi connectivity index (χ1v) is 10.5. The number of imide groups is 1. The Morgan fingerprint density at radius 1 is 1.00 bits per heavy atom. The van der Waals surface area contributed by atoms with Crippen LogP contribution in [0, 0.1) is 23.7 Å². The van der Waals surface area contributed by atoms with Crippen LogP contribution in [0.4, 0.5) is 0 Å². The topological polar surface area (TPSA) is 59.0 Å². The van der Waals surface area contributed by atoms with Crippen LogP contribution >= 0.6 is 23.2 Å². The van der Waals surface area contributed by atoms with E-state index >= 15 is 0 Å². The molecule has 30 heavy (non-hydrogen) atoms. The summed E-state index contributed by atoms with van der Waals surface area (Å²) in [6.45, 7) is 0.309. The molecule has 0 radical (unpaired) electrons. The van der Waals surface area contributed by atoms with Gasteiger partial charge in [-0.15, -0.1) is 0 Å². The zero-order chi connectivity index (χ0) is 20.8. The lowest BCUT2D eigenvalue weighted by molar-refractivity contribution is -0.140. The smallest absolute Gasteiger partial charge is 0.254 e. The Kier molecular flexibility index (Phi) is 4.88. The van der Waals surface area contributed by atoms with E-state index in [-0.39, 0.29) is 35.5 Å². The minimum absolute atomic E-state index is 0.152. The largest absolute Gasteiger partial charge is 0.488 e. The van der Waals surface area contributed by atoms with Gasteiger partial charge in [-0.05, 0) is 54.2 Å². The quantitative estimate of drug-likeness (QED) is 0.384. The lowest BCUT2D eigenvalue weighted by atomic mass is 9.85. The molecule has 2 aromatic rings. The third-order valence-electron chi connectivity index (χ3n) is 6.01. The molecule has 5 rings (SSSR count). The van der Waals surface area contributed by atoms with Crippen LogP contribution in [0.15, 0.2) is 59.7 Å². The second kappa shape index (κ2) is 7.56. The predicted octanol–water partition coefficient (Wildman–Crippen LogP) is 4.71. The molecule has 5 nitrogen and oxygen atoms in total. The van der Waals surface area contributed by atoms with Crippen LogP contribution in [0.3, 0.4) is 0 Å². The number of carbonyl (C=O) groups excluding carboxylic acids is 2. The second-order valence-corrected chi connectivity index (χ2v) is 8.71. The van der Waals surface area contributed by atoms with Gasteiger partial charge < -0.3 is 4.74 Å². The fourth-order valence-corrected chi connectivity index (χ4v) is 5.05. The lowest BCUT2D eigenvalue weighted by Gasteiger charge is -2.13. The number of allylic oxidation sites excluding steroid dienone is 2. The molecule has 2 aromatic carbocycles. The van der Waals surface area contributed by atoms with Gasteiger partial charge in [0.05, 0.1) is 18.1 Å². The number of carbonyl (C=O) groups is 2. The highest BCUT2D eigenvalue weighted by molar-refractivity contribution is 6.31. The molecule has 0 spiro atoms. The average Bonchev–Trinajstić information content (AvgIpc) is 3.40. The van der Waals surface area contributed by atoms with E-state index < -0.39 is 0 Å². The Labute approximate surface area is 183 Å². The summed E-state index contributed by atoms with van der Waals surface area (Å²) in [6.07, 6.45) is 6.47. The van der Waals surface area contributed by atoms with Gasteiger partial charge in [0.2, 0.25) is 0 Å². The number of fused-ring (bicyclic) bond motifs is 5. The van der Waals surface area contributed by atoms with E-state index in [0.717, 1.165) is 17.0 Å². The van der Waals surface area contributed by atoms with Gasteiger partial charge in [-0.1, -0.05) is 47.5 Å². The number of amides is 2. The summed E-state index contributed by atoms with van der Waals surface area (Å²) in [5, 5.41) is 6.38. The summed E-state index contributed by atoms with van der Waals surface area (Å²) in [4.78, 5) is 25.6. The van der Waals surface area contributed by atoms with Crippen molar-refractivity contribution in [3.63, 3.8) is 0 Å². The van der Waals surface area contributed by atoms with Gasteiger partial charge in [0.25, 0.3) is 11.8 Å². The first-order valence-electron chi connectivity index (χ1n) is 9.78. The van der Waals surface area contributed by atoms with Gasteiger partial charge in [-0.3, -0.25) is 9.59 Å². The minimum Gasteiger partial charge on any atom is -0.488 e. The molecule has 2 bridgehead atoms. The maximum atomic E-state index is 12.8. The monoisotopic (exact) mass is 440 g/mol. The molecule has 3 aliphatic rings. The normalized spacial score (nSPS) is 26.8. The van der Waals surface area contributed by atoms with E-state index in [1.807, 2.05) is 18.2 Å². The van der Waals surface area contributed by atoms with Crippen LogP contribution in [0.5, 0.6) is 5.75 Å². The third kappa shape index (κ3) is 3.32. The summed E-state index contributed by atoms with van der Waals surface area (Å²) >= 11 is 12.2. The summed E-state index contributed by atoms with van der Waals surface area (Å²) in [6, 6.07) is 12.5. The SMILES string of the molecule is O=C1C2C3C=CC(C3)C2C(=O)N1N=Cc1cc(Cl)ccc1OCc1cccc(Cl)c1. The molecule has 4 atom stereocenters. The van der Waals surface area contributed by atoms with Crippen molar-refractivity contribution in [3.05, 3.63) is 75.8 Å². The van der Waals surface area contributed by atoms with Crippen molar-refractivity contribution in [2.45, 2.75) is 13.0 Å². The Bertz CT molecular complexity index is 1070. The molecule has 2 amide bonds. The predicted molar refractivity (Wildman–Crippen MR) is 114 cm³/mol. The first-order chi connectivity index (χ1) is 14.5. The number of hydrogen-bond acceptors (Lipinski definition) is 4. The molecule has 1 aliphatic heterocycles. The van der Waals surface area contributed by atoms with Gasteiger partial charge in [-0.2, -0.15) is 10.1 Å². The van der Waals surface area contributed by atoms with Gasteiger partial charge in [-0.25, -0.2) is 0 Å². The summed E-state index contributed by atoms with van der Waals surface area (Å²) < 4.78 is 5.91. The van der Waals surface area contributed by atoms with Gasteiger partial charge in [0.1, 0.15) is 12.4 Å². The molecule has 1 saturated carbocycles. The van der Waals surface area contributed by atoms with Crippen LogP contribution in [0.1, 0.15) is 17.5 Å². The molecule has 0 N–H and O–H groups in total. The molecule has 0 aromatic heterocycles. The number of halogens is 2. The van der Waals surface area contributed by atoms with E-state index in [1.54, 1.807) is 24.3 Å². The van der Waals surface area contributed by atoms with Crippen molar-refractivity contribution >= 4 is 41.2 Å². The van der Waals surface area contributed by atoms with Crippen LogP contribution in [0.25, 0.3) is 0 Å². The molecular weight excluding hydrogens is 423 g/mol. The Morgan fingerprint density at radius 3 is 2.40 bits per heavy atom. The fraction of sp³-hybridized carbons (Fsp3) is 0.261. The van der Waals surface area contributed by atoms with Crippen LogP contribution < -0.4 is 4.74 Å². The van der Waals surface area contributed by atoms with Crippen molar-refractivity contribution in [2.24, 2.45) is 28.8 Å². The molecule has 4 unspecified atom stereocenters. The zero-order valence-corrected chi connectivity index (χ0v) is 17.4. The van der Waals surface area contributed by atoms with Crippen molar-refractivity contribution in [2.75, 3.05) is 0 Å². The number of hydrogen-bond donors (Lipinski definition) is 0. The Morgan fingerprint density at radius 2 is 1.70 bits per heavy atom. The van der Waals surface area contributed by atoms with E-state index in [2.05, 4.69) is 17.3 Å². The highest BCUT2D eigenvalue weighted by Gasteiger charge is 2.59. The van der Waals surface area contributed by atoms with Crippen LogP contribution in [0.2, 0.25) is 10.0 Å². The summed E-state index contributed by atoms with van der Waals surface area (Å²) in [5.41, 5.74) is 1.50. The fourth-order valence-electron chi connectivity index (χ4n) is 4.66. The number of benzene rings is 2. The number of ether oxygens (including phenoxy) is 1. The lowest BCUT2D eigenvalue weighted by Crippen LogP contribution is -2.28. The van der Waals surface area contributed by atoms with Crippen LogP contribution in [-0.4, -0.2) is 23.0 Å². The molecule has 1 heterocycles. The Hall–Kier alpha value is -2.63. The molecule has 2 fully saturated rings. The van der Waals surface area contributed by atoms with Gasteiger partial charge in [0, 0.05) is 15.6 Å². The number of rotatable bonds is 5. The molecule has 7 heteroatoms. The van der Waals surface area contributed by atoms with Crippen LogP contribution in [-0.2, 0) is 16.2 Å². The number of nitrogens with zero attached hydrogens (tertiary/aromatic N) is 2. The van der Waals surface area contributed by atoms with Crippen molar-refractivity contribution < 1.29 is 14.3 Å².